The van der Waals surface area contributed by atoms with Crippen molar-refractivity contribution in [2.24, 2.45) is 0 Å². The zero-order valence-electron chi connectivity index (χ0n) is 12.4. The summed E-state index contributed by atoms with van der Waals surface area (Å²) in [5, 5.41) is 9.52. The van der Waals surface area contributed by atoms with E-state index in [0.29, 0.717) is 5.75 Å². The molecule has 2 aromatic carbocycles. The van der Waals surface area contributed by atoms with Crippen molar-refractivity contribution in [1.29, 1.82) is 0 Å². The minimum Gasteiger partial charge on any atom is -0.508 e. The Bertz CT molecular complexity index is 634. The number of ether oxygens (including phenoxy) is 2. The van der Waals surface area contributed by atoms with Crippen LogP contribution in [0.5, 0.6) is 17.2 Å². The molecule has 1 atom stereocenters. The summed E-state index contributed by atoms with van der Waals surface area (Å²) < 4.78 is 11.8. The molecule has 1 aliphatic heterocycles. The van der Waals surface area contributed by atoms with Crippen LogP contribution in [0, 0.1) is 0 Å². The summed E-state index contributed by atoms with van der Waals surface area (Å²) in [6.45, 7) is 4.04. The van der Waals surface area contributed by atoms with Crippen LogP contribution in [0.15, 0.2) is 42.5 Å². The zero-order chi connectivity index (χ0) is 14.8. The highest BCUT2D eigenvalue weighted by Gasteiger charge is 2.22. The lowest BCUT2D eigenvalue weighted by atomic mass is 9.97. The van der Waals surface area contributed by atoms with Gasteiger partial charge in [-0.25, -0.2) is 0 Å². The van der Waals surface area contributed by atoms with E-state index in [-0.39, 0.29) is 12.2 Å². The average molecular weight is 284 g/mol. The molecule has 0 aromatic heterocycles. The third-order valence-electron chi connectivity index (χ3n) is 3.59. The van der Waals surface area contributed by atoms with E-state index in [4.69, 9.17) is 9.47 Å². The van der Waals surface area contributed by atoms with E-state index >= 15 is 0 Å². The van der Waals surface area contributed by atoms with Crippen LogP contribution in [-0.2, 0) is 6.42 Å². The fourth-order valence-electron chi connectivity index (χ4n) is 2.67. The van der Waals surface area contributed by atoms with Gasteiger partial charge < -0.3 is 14.6 Å². The predicted octanol–water partition coefficient (Wildman–Crippen LogP) is 4.25. The minimum atomic E-state index is 0.0396. The first-order valence-corrected chi connectivity index (χ1v) is 7.37. The van der Waals surface area contributed by atoms with Gasteiger partial charge in [0.2, 0.25) is 0 Å². The van der Waals surface area contributed by atoms with Crippen LogP contribution in [0.2, 0.25) is 0 Å². The molecule has 1 unspecified atom stereocenters. The Kier molecular flexibility index (Phi) is 3.74. The van der Waals surface area contributed by atoms with Crippen LogP contribution in [0.3, 0.4) is 0 Å². The summed E-state index contributed by atoms with van der Waals surface area (Å²) in [7, 11) is 0. The highest BCUT2D eigenvalue weighted by molar-refractivity contribution is 5.42. The van der Waals surface area contributed by atoms with Gasteiger partial charge in [-0.1, -0.05) is 12.1 Å². The molecule has 0 aliphatic carbocycles. The van der Waals surface area contributed by atoms with Gasteiger partial charge in [0.1, 0.15) is 23.4 Å². The molecular formula is C18H20O3. The smallest absolute Gasteiger partial charge is 0.124 e. The molecule has 0 radical (unpaired) electrons. The third kappa shape index (κ3) is 3.13. The second kappa shape index (κ2) is 5.68. The molecule has 0 saturated heterocycles. The van der Waals surface area contributed by atoms with Gasteiger partial charge >= 0.3 is 0 Å². The molecule has 3 heteroatoms. The monoisotopic (exact) mass is 284 g/mol. The summed E-state index contributed by atoms with van der Waals surface area (Å²) in [5.41, 5.74) is 2.20. The maximum absolute atomic E-state index is 9.52. The number of hydrogen-bond donors (Lipinski definition) is 1. The molecule has 0 saturated carbocycles. The number of aromatic hydroxyl groups is 1. The van der Waals surface area contributed by atoms with Crippen molar-refractivity contribution >= 4 is 0 Å². The van der Waals surface area contributed by atoms with Crippen molar-refractivity contribution in [2.75, 3.05) is 0 Å². The molecule has 1 aliphatic rings. The zero-order valence-corrected chi connectivity index (χ0v) is 12.4. The fraction of sp³-hybridized carbons (Fsp3) is 0.333. The fourth-order valence-corrected chi connectivity index (χ4v) is 2.67. The van der Waals surface area contributed by atoms with Gasteiger partial charge in [-0.2, -0.15) is 0 Å². The Labute approximate surface area is 125 Å². The standard InChI is InChI=1S/C18H20O3/c1-12(2)20-16-5-3-4-13(11-16)17-8-6-14-10-15(19)7-9-18(14)21-17/h3-5,7,9-12,17,19H,6,8H2,1-2H3. The van der Waals surface area contributed by atoms with E-state index in [0.717, 1.165) is 35.5 Å². The van der Waals surface area contributed by atoms with Crippen LogP contribution in [0.25, 0.3) is 0 Å². The highest BCUT2D eigenvalue weighted by atomic mass is 16.5. The van der Waals surface area contributed by atoms with Gasteiger partial charge in [0.05, 0.1) is 6.10 Å². The third-order valence-corrected chi connectivity index (χ3v) is 3.59. The van der Waals surface area contributed by atoms with Gasteiger partial charge in [0, 0.05) is 0 Å². The van der Waals surface area contributed by atoms with E-state index < -0.39 is 0 Å². The molecule has 3 nitrogen and oxygen atoms in total. The van der Waals surface area contributed by atoms with E-state index in [1.807, 2.05) is 32.0 Å². The number of aryl methyl sites for hydroxylation is 1. The number of phenolic OH excluding ortho intramolecular Hbond substituents is 1. The Morgan fingerprint density at radius 2 is 2.05 bits per heavy atom. The number of benzene rings is 2. The number of phenols is 1. The SMILES string of the molecule is CC(C)Oc1cccc(C2CCc3cc(O)ccc3O2)c1. The Hall–Kier alpha value is -2.16. The molecule has 0 bridgehead atoms. The molecule has 0 fully saturated rings. The van der Waals surface area contributed by atoms with Gasteiger partial charge in [0.15, 0.2) is 0 Å². The minimum absolute atomic E-state index is 0.0396. The first-order chi connectivity index (χ1) is 10.1. The first-order valence-electron chi connectivity index (χ1n) is 7.37. The van der Waals surface area contributed by atoms with Crippen molar-refractivity contribution < 1.29 is 14.6 Å². The molecular weight excluding hydrogens is 264 g/mol. The largest absolute Gasteiger partial charge is 0.508 e. The molecule has 3 rings (SSSR count). The lowest BCUT2D eigenvalue weighted by molar-refractivity contribution is 0.175. The van der Waals surface area contributed by atoms with Crippen LogP contribution < -0.4 is 9.47 Å². The number of hydrogen-bond acceptors (Lipinski definition) is 3. The van der Waals surface area contributed by atoms with Gasteiger partial charge in [0.25, 0.3) is 0 Å². The number of fused-ring (bicyclic) bond motifs is 1. The van der Waals surface area contributed by atoms with Gasteiger partial charge in [-0.15, -0.1) is 0 Å². The van der Waals surface area contributed by atoms with E-state index in [1.165, 1.54) is 0 Å². The molecule has 110 valence electrons. The molecule has 1 N–H and O–H groups in total. The first kappa shape index (κ1) is 13.8. The van der Waals surface area contributed by atoms with Crippen LogP contribution in [-0.4, -0.2) is 11.2 Å². The second-order valence-electron chi connectivity index (χ2n) is 5.68. The van der Waals surface area contributed by atoms with E-state index in [2.05, 4.69) is 12.1 Å². The maximum atomic E-state index is 9.52. The Balaban J connectivity index is 1.81. The quantitative estimate of drug-likeness (QED) is 0.916. The summed E-state index contributed by atoms with van der Waals surface area (Å²) >= 11 is 0. The second-order valence-corrected chi connectivity index (χ2v) is 5.68. The maximum Gasteiger partial charge on any atom is 0.124 e. The van der Waals surface area contributed by atoms with Crippen LogP contribution in [0.4, 0.5) is 0 Å². The van der Waals surface area contributed by atoms with Crippen LogP contribution >= 0.6 is 0 Å². The van der Waals surface area contributed by atoms with Gasteiger partial charge in [-0.3, -0.25) is 0 Å². The molecule has 1 heterocycles. The van der Waals surface area contributed by atoms with E-state index in [9.17, 15) is 5.11 Å². The lowest BCUT2D eigenvalue weighted by Crippen LogP contribution is -2.15. The molecule has 21 heavy (non-hydrogen) atoms. The van der Waals surface area contributed by atoms with Gasteiger partial charge in [-0.05, 0) is 68.1 Å². The topological polar surface area (TPSA) is 38.7 Å². The lowest BCUT2D eigenvalue weighted by Gasteiger charge is -2.27. The number of rotatable bonds is 3. The summed E-state index contributed by atoms with van der Waals surface area (Å²) in [4.78, 5) is 0. The van der Waals surface area contributed by atoms with Crippen molar-refractivity contribution in [1.82, 2.24) is 0 Å². The molecule has 2 aromatic rings. The molecule has 0 amide bonds. The normalized spacial score (nSPS) is 17.2. The molecule has 0 spiro atoms. The van der Waals surface area contributed by atoms with Crippen molar-refractivity contribution in [2.45, 2.75) is 38.9 Å². The van der Waals surface area contributed by atoms with E-state index in [1.54, 1.807) is 12.1 Å². The van der Waals surface area contributed by atoms with Crippen molar-refractivity contribution in [3.63, 3.8) is 0 Å². The van der Waals surface area contributed by atoms with Crippen molar-refractivity contribution in [3.05, 3.63) is 53.6 Å². The van der Waals surface area contributed by atoms with Crippen molar-refractivity contribution in [3.8, 4) is 17.2 Å². The Morgan fingerprint density at radius 3 is 2.86 bits per heavy atom. The summed E-state index contributed by atoms with van der Waals surface area (Å²) in [6, 6.07) is 13.4. The highest BCUT2D eigenvalue weighted by Crippen LogP contribution is 2.37. The Morgan fingerprint density at radius 1 is 1.19 bits per heavy atom. The summed E-state index contributed by atoms with van der Waals surface area (Å²) in [5.74, 6) is 2.03. The van der Waals surface area contributed by atoms with Crippen LogP contribution in [0.1, 0.15) is 37.5 Å². The predicted molar refractivity (Wildman–Crippen MR) is 82.0 cm³/mol. The average Bonchev–Trinajstić information content (AvgIpc) is 2.46. The summed E-state index contributed by atoms with van der Waals surface area (Å²) in [6.07, 6.45) is 2.01.